The number of aryl methyl sites for hydroxylation is 1. The van der Waals surface area contributed by atoms with Crippen molar-refractivity contribution in [3.8, 4) is 0 Å². The number of benzene rings is 1. The summed E-state index contributed by atoms with van der Waals surface area (Å²) in [5.74, 6) is 0.394. The van der Waals surface area contributed by atoms with Gasteiger partial charge >= 0.3 is 0 Å². The molecule has 0 spiro atoms. The van der Waals surface area contributed by atoms with Crippen molar-refractivity contribution in [2.45, 2.75) is 38.6 Å². The van der Waals surface area contributed by atoms with E-state index in [0.717, 1.165) is 31.2 Å². The molecule has 0 bridgehead atoms. The second kappa shape index (κ2) is 6.89. The summed E-state index contributed by atoms with van der Waals surface area (Å²) < 4.78 is 29.5. The van der Waals surface area contributed by atoms with Crippen LogP contribution in [0.2, 0.25) is 0 Å². The van der Waals surface area contributed by atoms with Crippen LogP contribution < -0.4 is 0 Å². The van der Waals surface area contributed by atoms with Crippen LogP contribution in [0.3, 0.4) is 0 Å². The minimum Gasteiger partial charge on any atom is -0.395 e. The van der Waals surface area contributed by atoms with Crippen molar-refractivity contribution in [1.29, 1.82) is 0 Å². The van der Waals surface area contributed by atoms with Gasteiger partial charge in [0.1, 0.15) is 0 Å². The van der Waals surface area contributed by atoms with E-state index in [4.69, 9.17) is 0 Å². The van der Waals surface area contributed by atoms with E-state index in [1.165, 1.54) is 9.87 Å². The number of aliphatic hydroxyl groups excluding tert-OH is 1. The predicted octanol–water partition coefficient (Wildman–Crippen LogP) is 1.94. The molecular formula is C17H26N2O3S. The number of aliphatic hydroxyl groups is 1. The van der Waals surface area contributed by atoms with E-state index in [0.29, 0.717) is 19.0 Å². The van der Waals surface area contributed by atoms with Crippen molar-refractivity contribution >= 4 is 10.2 Å². The Kier molecular flexibility index (Phi) is 5.06. The van der Waals surface area contributed by atoms with Crippen LogP contribution >= 0.6 is 0 Å². The third-order valence-corrected chi connectivity index (χ3v) is 7.03. The third kappa shape index (κ3) is 3.31. The lowest BCUT2D eigenvalue weighted by molar-refractivity contribution is 0.201. The van der Waals surface area contributed by atoms with Crippen LogP contribution in [0.15, 0.2) is 24.3 Å². The van der Waals surface area contributed by atoms with Gasteiger partial charge in [-0.2, -0.15) is 17.0 Å². The second-order valence-corrected chi connectivity index (χ2v) is 8.58. The molecular weight excluding hydrogens is 312 g/mol. The van der Waals surface area contributed by atoms with Gasteiger partial charge < -0.3 is 5.11 Å². The lowest BCUT2D eigenvalue weighted by atomic mass is 10.0. The van der Waals surface area contributed by atoms with Crippen LogP contribution in [-0.4, -0.2) is 48.4 Å². The summed E-state index contributed by atoms with van der Waals surface area (Å²) in [5.41, 5.74) is 2.32. The highest BCUT2D eigenvalue weighted by Crippen LogP contribution is 2.38. The van der Waals surface area contributed by atoms with Gasteiger partial charge in [0, 0.05) is 19.6 Å². The summed E-state index contributed by atoms with van der Waals surface area (Å²) in [4.78, 5) is 0. The van der Waals surface area contributed by atoms with E-state index >= 15 is 0 Å². The number of hydrogen-bond donors (Lipinski definition) is 1. The standard InChI is InChI=1S/C17H26N2O3S/c1-14-5-4-10-18(13-14)23(21,22)19(11-12-20)17-9-8-15-6-2-3-7-16(15)17/h2-3,6-7,14,17,20H,4-5,8-13H2,1H3. The smallest absolute Gasteiger partial charge is 0.282 e. The molecule has 0 aromatic heterocycles. The maximum Gasteiger partial charge on any atom is 0.282 e. The highest BCUT2D eigenvalue weighted by molar-refractivity contribution is 7.86. The SMILES string of the molecule is CC1CCCN(S(=O)(=O)N(CCO)C2CCc3ccccc32)C1. The normalized spacial score (nSPS) is 25.7. The van der Waals surface area contributed by atoms with E-state index in [1.807, 2.05) is 18.2 Å². The summed E-state index contributed by atoms with van der Waals surface area (Å²) in [7, 11) is -3.54. The number of hydrogen-bond acceptors (Lipinski definition) is 3. The Labute approximate surface area is 139 Å². The molecule has 128 valence electrons. The molecule has 0 amide bonds. The molecule has 0 saturated carbocycles. The van der Waals surface area contributed by atoms with E-state index in [9.17, 15) is 13.5 Å². The van der Waals surface area contributed by atoms with Gasteiger partial charge in [-0.25, -0.2) is 0 Å². The molecule has 1 aliphatic heterocycles. The van der Waals surface area contributed by atoms with Gasteiger partial charge in [0.05, 0.1) is 12.6 Å². The number of nitrogens with zero attached hydrogens (tertiary/aromatic N) is 2. The molecule has 1 N–H and O–H groups in total. The van der Waals surface area contributed by atoms with Crippen molar-refractivity contribution in [1.82, 2.24) is 8.61 Å². The Bertz CT molecular complexity index is 647. The Morgan fingerprint density at radius 3 is 2.83 bits per heavy atom. The molecule has 23 heavy (non-hydrogen) atoms. The molecule has 3 rings (SSSR count). The molecule has 1 saturated heterocycles. The first-order chi connectivity index (χ1) is 11.0. The maximum atomic E-state index is 13.2. The lowest BCUT2D eigenvalue weighted by Crippen LogP contribution is -2.49. The molecule has 5 nitrogen and oxygen atoms in total. The Hall–Kier alpha value is -0.950. The predicted molar refractivity (Wildman–Crippen MR) is 90.2 cm³/mol. The molecule has 1 aromatic carbocycles. The topological polar surface area (TPSA) is 60.9 Å². The van der Waals surface area contributed by atoms with Gasteiger partial charge in [0.15, 0.2) is 0 Å². The van der Waals surface area contributed by atoms with E-state index in [1.54, 1.807) is 4.31 Å². The fraction of sp³-hybridized carbons (Fsp3) is 0.647. The van der Waals surface area contributed by atoms with Crippen LogP contribution in [0.1, 0.15) is 43.4 Å². The first-order valence-corrected chi connectivity index (χ1v) is 9.89. The minimum atomic E-state index is -3.54. The van der Waals surface area contributed by atoms with Gasteiger partial charge in [-0.3, -0.25) is 0 Å². The van der Waals surface area contributed by atoms with Crippen LogP contribution in [0.5, 0.6) is 0 Å². The summed E-state index contributed by atoms with van der Waals surface area (Å²) in [6.45, 7) is 3.28. The van der Waals surface area contributed by atoms with Crippen molar-refractivity contribution in [2.24, 2.45) is 5.92 Å². The van der Waals surface area contributed by atoms with Crippen LogP contribution in [0.25, 0.3) is 0 Å². The van der Waals surface area contributed by atoms with E-state index in [2.05, 4.69) is 13.0 Å². The summed E-state index contributed by atoms with van der Waals surface area (Å²) >= 11 is 0. The monoisotopic (exact) mass is 338 g/mol. The van der Waals surface area contributed by atoms with E-state index < -0.39 is 10.2 Å². The Balaban J connectivity index is 1.89. The molecule has 2 unspecified atom stereocenters. The zero-order chi connectivity index (χ0) is 16.4. The highest BCUT2D eigenvalue weighted by Gasteiger charge is 2.39. The average Bonchev–Trinajstić information content (AvgIpc) is 2.96. The molecule has 0 radical (unpaired) electrons. The number of fused-ring (bicyclic) bond motifs is 1. The fourth-order valence-corrected chi connectivity index (χ4v) is 5.82. The molecule has 2 aliphatic rings. The van der Waals surface area contributed by atoms with Crippen molar-refractivity contribution in [3.05, 3.63) is 35.4 Å². The minimum absolute atomic E-state index is 0.151. The highest BCUT2D eigenvalue weighted by atomic mass is 32.2. The fourth-order valence-electron chi connectivity index (χ4n) is 3.87. The van der Waals surface area contributed by atoms with Gasteiger partial charge in [-0.15, -0.1) is 0 Å². The maximum absolute atomic E-state index is 13.2. The Morgan fingerprint density at radius 2 is 2.09 bits per heavy atom. The third-order valence-electron chi connectivity index (χ3n) is 5.01. The van der Waals surface area contributed by atoms with Crippen LogP contribution in [0, 0.1) is 5.92 Å². The van der Waals surface area contributed by atoms with Gasteiger partial charge in [-0.05, 0) is 42.7 Å². The first-order valence-electron chi connectivity index (χ1n) is 8.49. The van der Waals surface area contributed by atoms with Gasteiger partial charge in [-0.1, -0.05) is 31.2 Å². The molecule has 2 atom stereocenters. The zero-order valence-corrected chi connectivity index (χ0v) is 14.5. The van der Waals surface area contributed by atoms with Gasteiger partial charge in [0.25, 0.3) is 10.2 Å². The lowest BCUT2D eigenvalue weighted by Gasteiger charge is -2.37. The summed E-state index contributed by atoms with van der Waals surface area (Å²) in [6.07, 6.45) is 3.68. The van der Waals surface area contributed by atoms with Crippen molar-refractivity contribution in [3.63, 3.8) is 0 Å². The molecule has 1 aliphatic carbocycles. The van der Waals surface area contributed by atoms with Crippen molar-refractivity contribution < 1.29 is 13.5 Å². The average molecular weight is 338 g/mol. The quantitative estimate of drug-likeness (QED) is 0.892. The second-order valence-electron chi connectivity index (χ2n) is 6.70. The van der Waals surface area contributed by atoms with Crippen LogP contribution in [-0.2, 0) is 16.6 Å². The Morgan fingerprint density at radius 1 is 1.30 bits per heavy atom. The zero-order valence-electron chi connectivity index (χ0n) is 13.7. The van der Waals surface area contributed by atoms with Crippen molar-refractivity contribution in [2.75, 3.05) is 26.2 Å². The van der Waals surface area contributed by atoms with Crippen LogP contribution in [0.4, 0.5) is 0 Å². The molecule has 1 fully saturated rings. The van der Waals surface area contributed by atoms with Gasteiger partial charge in [0.2, 0.25) is 0 Å². The largest absolute Gasteiger partial charge is 0.395 e. The molecule has 1 heterocycles. The number of rotatable bonds is 5. The summed E-state index contributed by atoms with van der Waals surface area (Å²) in [6, 6.07) is 7.90. The molecule has 6 heteroatoms. The van der Waals surface area contributed by atoms with E-state index in [-0.39, 0.29) is 19.2 Å². The molecule has 1 aromatic rings. The first kappa shape index (κ1) is 16.9. The summed E-state index contributed by atoms with van der Waals surface area (Å²) in [5, 5.41) is 9.43. The number of piperidine rings is 1.